The molecule has 0 unspecified atom stereocenters. The topological polar surface area (TPSA) is 50.3 Å². The van der Waals surface area contributed by atoms with Gasteiger partial charge in [0.1, 0.15) is 12.1 Å². The normalized spacial score (nSPS) is 10.7. The molecule has 5 nitrogen and oxygen atoms in total. The van der Waals surface area contributed by atoms with E-state index in [0.29, 0.717) is 12.5 Å². The molecule has 0 radical (unpaired) electrons. The predicted octanol–water partition coefficient (Wildman–Crippen LogP) is 2.02. The largest absolute Gasteiger partial charge is 0.478 e. The summed E-state index contributed by atoms with van der Waals surface area (Å²) < 4.78 is 5.46. The molecule has 0 saturated carbocycles. The lowest BCUT2D eigenvalue weighted by Gasteiger charge is -2.18. The van der Waals surface area contributed by atoms with Crippen molar-refractivity contribution in [3.8, 4) is 5.88 Å². The van der Waals surface area contributed by atoms with E-state index in [1.54, 1.807) is 0 Å². The maximum Gasteiger partial charge on any atom is 0.218 e. The summed E-state index contributed by atoms with van der Waals surface area (Å²) in [5.74, 6) is 1.46. The van der Waals surface area contributed by atoms with E-state index in [9.17, 15) is 0 Å². The highest BCUT2D eigenvalue weighted by Crippen LogP contribution is 2.10. The van der Waals surface area contributed by atoms with Gasteiger partial charge in [-0.15, -0.1) is 0 Å². The van der Waals surface area contributed by atoms with E-state index in [-0.39, 0.29) is 0 Å². The van der Waals surface area contributed by atoms with Gasteiger partial charge in [-0.25, -0.2) is 9.97 Å². The second kappa shape index (κ2) is 8.69. The third-order valence-corrected chi connectivity index (χ3v) is 2.72. The Hall–Kier alpha value is -1.36. The van der Waals surface area contributed by atoms with Gasteiger partial charge in [0.05, 0.1) is 6.61 Å². The standard InChI is InChI=1S/C13H24N4O/c1-4-9-18-13-10-12(15-11-16-13)14-7-8-17(5-2)6-3/h10-11H,4-9H2,1-3H3,(H,14,15,16). The van der Waals surface area contributed by atoms with E-state index in [1.165, 1.54) is 6.33 Å². The van der Waals surface area contributed by atoms with E-state index in [2.05, 4.69) is 41.0 Å². The molecule has 0 fully saturated rings. The van der Waals surface area contributed by atoms with Gasteiger partial charge in [0.15, 0.2) is 0 Å². The molecule has 18 heavy (non-hydrogen) atoms. The average Bonchev–Trinajstić information content (AvgIpc) is 2.42. The second-order valence-corrected chi connectivity index (χ2v) is 4.04. The fourth-order valence-electron chi connectivity index (χ4n) is 1.60. The third-order valence-electron chi connectivity index (χ3n) is 2.72. The zero-order valence-corrected chi connectivity index (χ0v) is 11.6. The molecule has 1 rings (SSSR count). The van der Waals surface area contributed by atoms with Crippen LogP contribution in [0, 0.1) is 0 Å². The lowest BCUT2D eigenvalue weighted by molar-refractivity contribution is 0.304. The molecular weight excluding hydrogens is 228 g/mol. The monoisotopic (exact) mass is 252 g/mol. The molecule has 5 heteroatoms. The molecule has 0 bridgehead atoms. The predicted molar refractivity (Wildman–Crippen MR) is 74.1 cm³/mol. The minimum Gasteiger partial charge on any atom is -0.478 e. The van der Waals surface area contributed by atoms with Crippen LogP contribution in [-0.2, 0) is 0 Å². The molecule has 0 saturated heterocycles. The molecular formula is C13H24N4O. The van der Waals surface area contributed by atoms with Gasteiger partial charge < -0.3 is 15.0 Å². The Labute approximate surface area is 110 Å². The summed E-state index contributed by atoms with van der Waals surface area (Å²) in [7, 11) is 0. The highest BCUT2D eigenvalue weighted by Gasteiger charge is 2.01. The maximum absolute atomic E-state index is 5.46. The second-order valence-electron chi connectivity index (χ2n) is 4.04. The Kier molecular flexibility index (Phi) is 7.10. The van der Waals surface area contributed by atoms with Crippen LogP contribution in [-0.4, -0.2) is 47.7 Å². The molecule has 0 amide bonds. The van der Waals surface area contributed by atoms with Crippen molar-refractivity contribution in [1.29, 1.82) is 0 Å². The van der Waals surface area contributed by atoms with Gasteiger partial charge in [-0.05, 0) is 19.5 Å². The number of ether oxygens (including phenoxy) is 1. The summed E-state index contributed by atoms with van der Waals surface area (Å²) >= 11 is 0. The zero-order chi connectivity index (χ0) is 13.2. The van der Waals surface area contributed by atoms with E-state index in [1.807, 2.05) is 6.07 Å². The number of anilines is 1. The van der Waals surface area contributed by atoms with Crippen LogP contribution in [0.1, 0.15) is 27.2 Å². The molecule has 0 aliphatic rings. The Balaban J connectivity index is 2.37. The Morgan fingerprint density at radius 1 is 1.22 bits per heavy atom. The van der Waals surface area contributed by atoms with Gasteiger partial charge in [0, 0.05) is 19.2 Å². The average molecular weight is 252 g/mol. The zero-order valence-electron chi connectivity index (χ0n) is 11.6. The molecule has 1 aromatic rings. The number of hydrogen-bond acceptors (Lipinski definition) is 5. The summed E-state index contributed by atoms with van der Waals surface area (Å²) in [6.45, 7) is 11.2. The number of hydrogen-bond donors (Lipinski definition) is 1. The van der Waals surface area contributed by atoms with Crippen molar-refractivity contribution < 1.29 is 4.74 Å². The number of aromatic nitrogens is 2. The highest BCUT2D eigenvalue weighted by molar-refractivity contribution is 5.36. The minimum atomic E-state index is 0.636. The van der Waals surface area contributed by atoms with Crippen LogP contribution in [0.25, 0.3) is 0 Å². The molecule has 0 aromatic carbocycles. The summed E-state index contributed by atoms with van der Waals surface area (Å²) in [6.07, 6.45) is 2.51. The van der Waals surface area contributed by atoms with Gasteiger partial charge in [0.2, 0.25) is 5.88 Å². The quantitative estimate of drug-likeness (QED) is 0.728. The first-order valence-electron chi connectivity index (χ1n) is 6.71. The smallest absolute Gasteiger partial charge is 0.218 e. The Bertz CT molecular complexity index is 329. The Morgan fingerprint density at radius 2 is 2.00 bits per heavy atom. The Morgan fingerprint density at radius 3 is 2.67 bits per heavy atom. The molecule has 0 spiro atoms. The van der Waals surface area contributed by atoms with Crippen molar-refractivity contribution >= 4 is 5.82 Å². The first kappa shape index (κ1) is 14.7. The van der Waals surface area contributed by atoms with E-state index in [4.69, 9.17) is 4.74 Å². The van der Waals surface area contributed by atoms with Crippen LogP contribution in [0.4, 0.5) is 5.82 Å². The fraction of sp³-hybridized carbons (Fsp3) is 0.692. The molecule has 0 aliphatic carbocycles. The van der Waals surface area contributed by atoms with Gasteiger partial charge in [0.25, 0.3) is 0 Å². The van der Waals surface area contributed by atoms with Gasteiger partial charge in [-0.2, -0.15) is 0 Å². The molecule has 1 aromatic heterocycles. The van der Waals surface area contributed by atoms with Crippen molar-refractivity contribution in [3.05, 3.63) is 12.4 Å². The van der Waals surface area contributed by atoms with E-state index >= 15 is 0 Å². The van der Waals surface area contributed by atoms with Gasteiger partial charge in [-0.3, -0.25) is 0 Å². The van der Waals surface area contributed by atoms with Crippen LogP contribution in [0.2, 0.25) is 0 Å². The van der Waals surface area contributed by atoms with Crippen LogP contribution < -0.4 is 10.1 Å². The molecule has 102 valence electrons. The van der Waals surface area contributed by atoms with Crippen molar-refractivity contribution in [2.45, 2.75) is 27.2 Å². The van der Waals surface area contributed by atoms with Crippen molar-refractivity contribution in [2.24, 2.45) is 0 Å². The van der Waals surface area contributed by atoms with Crippen LogP contribution in [0.15, 0.2) is 12.4 Å². The fourth-order valence-corrected chi connectivity index (χ4v) is 1.60. The molecule has 0 aliphatic heterocycles. The van der Waals surface area contributed by atoms with Crippen LogP contribution >= 0.6 is 0 Å². The van der Waals surface area contributed by atoms with Crippen LogP contribution in [0.3, 0.4) is 0 Å². The summed E-state index contributed by atoms with van der Waals surface area (Å²) in [4.78, 5) is 10.6. The van der Waals surface area contributed by atoms with Gasteiger partial charge >= 0.3 is 0 Å². The summed E-state index contributed by atoms with van der Waals surface area (Å²) in [5, 5.41) is 3.29. The molecule has 1 N–H and O–H groups in total. The van der Waals surface area contributed by atoms with E-state index < -0.39 is 0 Å². The first-order chi connectivity index (χ1) is 8.80. The molecule has 0 atom stereocenters. The third kappa shape index (κ3) is 5.31. The SMILES string of the molecule is CCCOc1cc(NCCN(CC)CC)ncn1. The number of likely N-dealkylation sites (N-methyl/N-ethyl adjacent to an activating group) is 1. The summed E-state index contributed by atoms with van der Waals surface area (Å²) in [6, 6.07) is 1.85. The van der Waals surface area contributed by atoms with E-state index in [0.717, 1.165) is 38.4 Å². The van der Waals surface area contributed by atoms with Crippen molar-refractivity contribution in [3.63, 3.8) is 0 Å². The van der Waals surface area contributed by atoms with Crippen molar-refractivity contribution in [2.75, 3.05) is 38.1 Å². The maximum atomic E-state index is 5.46. The van der Waals surface area contributed by atoms with Crippen LogP contribution in [0.5, 0.6) is 5.88 Å². The van der Waals surface area contributed by atoms with Crippen molar-refractivity contribution in [1.82, 2.24) is 14.9 Å². The number of nitrogens with zero attached hydrogens (tertiary/aromatic N) is 3. The van der Waals surface area contributed by atoms with Gasteiger partial charge in [-0.1, -0.05) is 20.8 Å². The first-order valence-corrected chi connectivity index (χ1v) is 6.71. The lowest BCUT2D eigenvalue weighted by atomic mass is 10.4. The highest BCUT2D eigenvalue weighted by atomic mass is 16.5. The lowest BCUT2D eigenvalue weighted by Crippen LogP contribution is -2.28. The minimum absolute atomic E-state index is 0.636. The summed E-state index contributed by atoms with van der Waals surface area (Å²) in [5.41, 5.74) is 0. The number of rotatable bonds is 9. The number of nitrogens with one attached hydrogen (secondary N) is 1. The molecule has 1 heterocycles.